The van der Waals surface area contributed by atoms with Crippen molar-refractivity contribution in [1.29, 1.82) is 0 Å². The molecule has 2 aromatic heterocycles. The Kier molecular flexibility index (Phi) is 4.99. The molecule has 5 nitrogen and oxygen atoms in total. The van der Waals surface area contributed by atoms with Crippen LogP contribution in [0.1, 0.15) is 37.0 Å². The van der Waals surface area contributed by atoms with Gasteiger partial charge in [-0.05, 0) is 47.2 Å². The van der Waals surface area contributed by atoms with Crippen molar-refractivity contribution < 1.29 is 13.9 Å². The minimum absolute atomic E-state index is 0.0445. The van der Waals surface area contributed by atoms with Gasteiger partial charge in [-0.2, -0.15) is 0 Å². The molecule has 4 heterocycles. The normalized spacial score (nSPS) is 19.0. The van der Waals surface area contributed by atoms with Crippen LogP contribution in [-0.2, 0) is 28.1 Å². The average molecular weight is 480 g/mol. The van der Waals surface area contributed by atoms with Crippen LogP contribution in [-0.4, -0.2) is 15.5 Å². The van der Waals surface area contributed by atoms with Crippen LogP contribution >= 0.6 is 25.1 Å². The van der Waals surface area contributed by atoms with Gasteiger partial charge in [0.15, 0.2) is 0 Å². The molecule has 2 aliphatic heterocycles. The molecule has 0 saturated heterocycles. The van der Waals surface area contributed by atoms with Gasteiger partial charge in [-0.3, -0.25) is 9.59 Å². The Labute approximate surface area is 178 Å². The zero-order valence-corrected chi connectivity index (χ0v) is 18.1. The molecule has 29 heavy (non-hydrogen) atoms. The van der Waals surface area contributed by atoms with E-state index in [1.807, 2.05) is 13.0 Å². The minimum atomic E-state index is -0.888. The van der Waals surface area contributed by atoms with Crippen molar-refractivity contribution in [3.8, 4) is 11.4 Å². The lowest BCUT2D eigenvalue weighted by atomic mass is 9.76. The van der Waals surface area contributed by atoms with Gasteiger partial charge in [-0.1, -0.05) is 19.1 Å². The summed E-state index contributed by atoms with van der Waals surface area (Å²) in [6, 6.07) is 8.84. The van der Waals surface area contributed by atoms with Crippen molar-refractivity contribution in [2.45, 2.75) is 38.8 Å². The van der Waals surface area contributed by atoms with Crippen molar-refractivity contribution in [3.05, 3.63) is 63.2 Å². The second kappa shape index (κ2) is 7.22. The maximum Gasteiger partial charge on any atom is 0.316 e. The number of aromatic nitrogens is 2. The average Bonchev–Trinajstić information content (AvgIpc) is 3.12. The molecule has 0 fully saturated rings. The Balaban J connectivity index is 0.000000994. The number of fused-ring (bicyclic) bond motifs is 5. The molecule has 0 radical (unpaired) electrons. The number of hydrogen-bond donors (Lipinski definition) is 0. The summed E-state index contributed by atoms with van der Waals surface area (Å²) in [7, 11) is 4.45. The van der Waals surface area contributed by atoms with E-state index in [9.17, 15) is 9.59 Å². The second-order valence-electron chi connectivity index (χ2n) is 7.34. The van der Waals surface area contributed by atoms with E-state index in [4.69, 9.17) is 4.74 Å². The first-order valence-electron chi connectivity index (χ1n) is 9.12. The van der Waals surface area contributed by atoms with Crippen LogP contribution < -0.4 is 5.56 Å². The van der Waals surface area contributed by atoms with E-state index in [-0.39, 0.29) is 30.5 Å². The van der Waals surface area contributed by atoms with E-state index < -0.39 is 5.41 Å². The summed E-state index contributed by atoms with van der Waals surface area (Å²) >= 11 is 2.41. The number of cyclic esters (lactones) is 1. The Morgan fingerprint density at radius 3 is 2.72 bits per heavy atom. The number of esters is 1. The van der Waals surface area contributed by atoms with Crippen LogP contribution in [0.15, 0.2) is 35.1 Å². The van der Waals surface area contributed by atoms with Gasteiger partial charge in [0.2, 0.25) is 0 Å². The Hall–Kier alpha value is -2.25. The molecule has 150 valence electrons. The molecular formula is C21H17BrClFN2O3. The first-order valence-corrected chi connectivity index (χ1v) is 11.2. The van der Waals surface area contributed by atoms with Gasteiger partial charge in [0.1, 0.15) is 12.4 Å². The first-order chi connectivity index (χ1) is 14.0. The zero-order chi connectivity index (χ0) is 20.9. The fraction of sp³-hybridized carbons (Fsp3) is 0.286. The molecule has 0 aliphatic carbocycles. The molecule has 1 aromatic carbocycles. The summed E-state index contributed by atoms with van der Waals surface area (Å²) in [5.74, 6) is -0.681. The van der Waals surface area contributed by atoms with E-state index >= 15 is 4.39 Å². The molecule has 2 aliphatic rings. The van der Waals surface area contributed by atoms with Crippen molar-refractivity contribution in [1.82, 2.24) is 9.55 Å². The Morgan fingerprint density at radius 2 is 2.00 bits per heavy atom. The second-order valence-corrected chi connectivity index (χ2v) is 7.34. The topological polar surface area (TPSA) is 61.2 Å². The summed E-state index contributed by atoms with van der Waals surface area (Å²) < 4.78 is 21.9. The predicted octanol–water partition coefficient (Wildman–Crippen LogP) is 4.82. The first kappa shape index (κ1) is 20.0. The van der Waals surface area contributed by atoms with Gasteiger partial charge < -0.3 is 9.30 Å². The number of hydrogen-bond acceptors (Lipinski definition) is 4. The van der Waals surface area contributed by atoms with Crippen molar-refractivity contribution >= 4 is 42.0 Å². The van der Waals surface area contributed by atoms with Crippen LogP contribution in [0.3, 0.4) is 0 Å². The highest BCUT2D eigenvalue weighted by molar-refractivity contribution is 9.22. The van der Waals surface area contributed by atoms with Crippen molar-refractivity contribution in [3.63, 3.8) is 0 Å². The minimum Gasteiger partial charge on any atom is -0.460 e. The number of nitrogens with zero attached hydrogens (tertiary/aromatic N) is 2. The maximum absolute atomic E-state index is 15.1. The Bertz CT molecular complexity index is 1230. The molecule has 0 bridgehead atoms. The van der Waals surface area contributed by atoms with Gasteiger partial charge in [0, 0.05) is 26.0 Å². The SMILES string of the molecule is CC[C@@]1(C)C(=O)OCc2c1cc1n(c2=O)Cc2c-1nc1ccccc1c2F.ClBr. The third kappa shape index (κ3) is 2.74. The highest BCUT2D eigenvalue weighted by atomic mass is 79.9. The lowest BCUT2D eigenvalue weighted by Gasteiger charge is -2.33. The molecule has 3 aromatic rings. The number of pyridine rings is 2. The van der Waals surface area contributed by atoms with Crippen molar-refractivity contribution in [2.75, 3.05) is 0 Å². The maximum atomic E-state index is 15.1. The monoisotopic (exact) mass is 478 g/mol. The van der Waals surface area contributed by atoms with E-state index in [1.165, 1.54) is 4.57 Å². The van der Waals surface area contributed by atoms with Crippen LogP contribution in [0.2, 0.25) is 0 Å². The quantitative estimate of drug-likeness (QED) is 0.367. The van der Waals surface area contributed by atoms with Crippen LogP contribution in [0, 0.1) is 5.82 Å². The van der Waals surface area contributed by atoms with E-state index in [0.29, 0.717) is 45.4 Å². The molecular weight excluding hydrogens is 463 g/mol. The van der Waals surface area contributed by atoms with Gasteiger partial charge in [-0.25, -0.2) is 9.37 Å². The lowest BCUT2D eigenvalue weighted by molar-refractivity contribution is -0.153. The van der Waals surface area contributed by atoms with Crippen LogP contribution in [0.5, 0.6) is 0 Å². The summed E-state index contributed by atoms with van der Waals surface area (Å²) in [6.45, 7) is 3.77. The number of halogens is 3. The zero-order valence-electron chi connectivity index (χ0n) is 15.8. The van der Waals surface area contributed by atoms with Crippen molar-refractivity contribution in [2.24, 2.45) is 0 Å². The molecule has 0 spiro atoms. The van der Waals surface area contributed by atoms with Gasteiger partial charge in [0.25, 0.3) is 5.56 Å². The molecule has 0 amide bonds. The predicted molar refractivity (Wildman–Crippen MR) is 113 cm³/mol. The smallest absolute Gasteiger partial charge is 0.316 e. The molecule has 0 unspecified atom stereocenters. The fourth-order valence-corrected chi connectivity index (χ4v) is 4.14. The highest BCUT2D eigenvalue weighted by Gasteiger charge is 2.43. The third-order valence-electron chi connectivity index (χ3n) is 5.98. The summed E-state index contributed by atoms with van der Waals surface area (Å²) in [5, 5.41) is 0.443. The summed E-state index contributed by atoms with van der Waals surface area (Å²) in [5.41, 5.74) is 2.01. The Morgan fingerprint density at radius 1 is 1.28 bits per heavy atom. The number of benzene rings is 1. The lowest BCUT2D eigenvalue weighted by Crippen LogP contribution is -2.42. The standard InChI is InChI=1S/C21H17FN2O3.BrCl/c1-3-21(2)14-8-16-18-12(17(22)11-6-4-5-7-15(11)23-18)9-24(16)19(25)13(14)10-27-20(21)26;1-2/h4-8H,3,9-10H2,1-2H3;/t21-;/m1./s1. The number of para-hydroxylation sites is 1. The van der Waals surface area contributed by atoms with Gasteiger partial charge >= 0.3 is 5.97 Å². The van der Waals surface area contributed by atoms with E-state index in [0.717, 1.165) is 0 Å². The number of ether oxygens (including phenoxy) is 1. The number of rotatable bonds is 1. The third-order valence-corrected chi connectivity index (χ3v) is 5.98. The number of carbonyl (C=O) groups is 1. The number of carbonyl (C=O) groups excluding carboxylic acids is 1. The molecule has 1 atom stereocenters. The van der Waals surface area contributed by atoms with E-state index in [2.05, 4.69) is 30.1 Å². The van der Waals surface area contributed by atoms with E-state index in [1.54, 1.807) is 31.2 Å². The molecule has 5 rings (SSSR count). The summed E-state index contributed by atoms with van der Waals surface area (Å²) in [4.78, 5) is 30.1. The largest absolute Gasteiger partial charge is 0.460 e. The van der Waals surface area contributed by atoms with Crippen LogP contribution in [0.4, 0.5) is 4.39 Å². The highest BCUT2D eigenvalue weighted by Crippen LogP contribution is 2.40. The van der Waals surface area contributed by atoms with Crippen LogP contribution in [0.25, 0.3) is 22.3 Å². The molecule has 8 heteroatoms. The fourth-order valence-electron chi connectivity index (χ4n) is 4.14. The molecule has 0 saturated carbocycles. The summed E-state index contributed by atoms with van der Waals surface area (Å²) in [6.07, 6.45) is 0.508. The van der Waals surface area contributed by atoms with Gasteiger partial charge in [-0.15, -0.1) is 0 Å². The van der Waals surface area contributed by atoms with Gasteiger partial charge in [0.05, 0.1) is 34.4 Å². The molecule has 0 N–H and O–H groups in total.